The molecule has 3 heterocycles. The van der Waals surface area contributed by atoms with Crippen molar-refractivity contribution < 1.29 is 24.4 Å². The SMILES string of the molecule is COc1ccc2[nH]cc(CCN3C(=O)C(=O)/C(=C(\O)c4ccc([N+](=O)[O-])cc4)C3c3cccnc3)c2c1. The maximum Gasteiger partial charge on any atom is 0.295 e. The van der Waals surface area contributed by atoms with E-state index >= 15 is 0 Å². The van der Waals surface area contributed by atoms with Gasteiger partial charge in [-0.3, -0.25) is 24.7 Å². The summed E-state index contributed by atoms with van der Waals surface area (Å²) in [6.07, 6.45) is 5.42. The Bertz CT molecular complexity index is 1540. The van der Waals surface area contributed by atoms with Crippen molar-refractivity contribution >= 4 is 34.0 Å². The summed E-state index contributed by atoms with van der Waals surface area (Å²) < 4.78 is 5.33. The van der Waals surface area contributed by atoms with Crippen molar-refractivity contribution in [2.45, 2.75) is 12.5 Å². The van der Waals surface area contributed by atoms with E-state index in [4.69, 9.17) is 4.74 Å². The molecule has 0 saturated carbocycles. The van der Waals surface area contributed by atoms with Crippen LogP contribution >= 0.6 is 0 Å². The van der Waals surface area contributed by atoms with Crippen LogP contribution in [0.15, 0.2) is 78.8 Å². The van der Waals surface area contributed by atoms with E-state index in [-0.39, 0.29) is 23.4 Å². The monoisotopic (exact) mass is 498 g/mol. The summed E-state index contributed by atoms with van der Waals surface area (Å²) in [6, 6.07) is 13.4. The first-order valence-electron chi connectivity index (χ1n) is 11.5. The number of aromatic amines is 1. The highest BCUT2D eigenvalue weighted by Gasteiger charge is 2.46. The quantitative estimate of drug-likeness (QED) is 0.128. The van der Waals surface area contributed by atoms with E-state index in [1.165, 1.54) is 29.2 Å². The molecule has 10 nitrogen and oxygen atoms in total. The second-order valence-electron chi connectivity index (χ2n) is 8.56. The first-order chi connectivity index (χ1) is 17.9. The van der Waals surface area contributed by atoms with Crippen LogP contribution in [0.3, 0.4) is 0 Å². The number of Topliss-reactive ketones (excluding diaryl/α,β-unsaturated/α-hetero) is 1. The summed E-state index contributed by atoms with van der Waals surface area (Å²) in [5, 5.41) is 23.1. The molecule has 0 radical (unpaired) electrons. The molecular weight excluding hydrogens is 476 g/mol. The summed E-state index contributed by atoms with van der Waals surface area (Å²) in [5.41, 5.74) is 2.37. The van der Waals surface area contributed by atoms with Crippen LogP contribution in [0.5, 0.6) is 5.75 Å². The number of pyridine rings is 1. The molecule has 2 aromatic heterocycles. The van der Waals surface area contributed by atoms with Gasteiger partial charge in [-0.2, -0.15) is 0 Å². The van der Waals surface area contributed by atoms with Gasteiger partial charge in [0.2, 0.25) is 0 Å². The molecule has 10 heteroatoms. The zero-order chi connectivity index (χ0) is 26.1. The van der Waals surface area contributed by atoms with Crippen LogP contribution in [0.2, 0.25) is 0 Å². The van der Waals surface area contributed by atoms with E-state index in [9.17, 15) is 24.8 Å². The molecule has 4 aromatic rings. The molecular formula is C27H22N4O6. The van der Waals surface area contributed by atoms with Gasteiger partial charge in [0.15, 0.2) is 0 Å². The number of hydrogen-bond donors (Lipinski definition) is 2. The number of ether oxygens (including phenoxy) is 1. The lowest BCUT2D eigenvalue weighted by Crippen LogP contribution is -2.31. The predicted molar refractivity (Wildman–Crippen MR) is 135 cm³/mol. The third-order valence-corrected chi connectivity index (χ3v) is 6.49. The molecule has 1 fully saturated rings. The lowest BCUT2D eigenvalue weighted by Gasteiger charge is -2.25. The summed E-state index contributed by atoms with van der Waals surface area (Å²) in [6.45, 7) is 0.200. The predicted octanol–water partition coefficient (Wildman–Crippen LogP) is 4.14. The van der Waals surface area contributed by atoms with E-state index in [1.807, 2.05) is 24.4 Å². The molecule has 186 valence electrons. The Morgan fingerprint density at radius 1 is 1.19 bits per heavy atom. The first-order valence-corrected chi connectivity index (χ1v) is 11.5. The fraction of sp³-hybridized carbons (Fsp3) is 0.148. The lowest BCUT2D eigenvalue weighted by atomic mass is 9.96. The van der Waals surface area contributed by atoms with Crippen molar-refractivity contribution in [2.24, 2.45) is 0 Å². The number of non-ortho nitro benzene ring substituents is 1. The highest BCUT2D eigenvalue weighted by molar-refractivity contribution is 6.46. The van der Waals surface area contributed by atoms with Crippen molar-refractivity contribution in [3.05, 3.63) is 106 Å². The third kappa shape index (κ3) is 4.29. The molecule has 5 rings (SSSR count). The molecule has 2 aromatic carbocycles. The maximum atomic E-state index is 13.2. The van der Waals surface area contributed by atoms with Crippen molar-refractivity contribution in [2.75, 3.05) is 13.7 Å². The van der Waals surface area contributed by atoms with Crippen molar-refractivity contribution in [3.63, 3.8) is 0 Å². The Labute approximate surface area is 211 Å². The Morgan fingerprint density at radius 2 is 1.97 bits per heavy atom. The number of fused-ring (bicyclic) bond motifs is 1. The minimum Gasteiger partial charge on any atom is -0.507 e. The molecule has 1 amide bonds. The number of aliphatic hydroxyl groups excluding tert-OH is 1. The first kappa shape index (κ1) is 23.7. The number of amides is 1. The van der Waals surface area contributed by atoms with Crippen molar-refractivity contribution in [3.8, 4) is 5.75 Å². The fourth-order valence-electron chi connectivity index (χ4n) is 4.62. The van der Waals surface area contributed by atoms with Gasteiger partial charge in [-0.05, 0) is 53.9 Å². The molecule has 0 spiro atoms. The normalized spacial score (nSPS) is 16.9. The second-order valence-corrected chi connectivity index (χ2v) is 8.56. The highest BCUT2D eigenvalue weighted by Crippen LogP contribution is 2.39. The Kier molecular flexibility index (Phi) is 6.14. The fourth-order valence-corrected chi connectivity index (χ4v) is 4.62. The van der Waals surface area contributed by atoms with E-state index in [1.54, 1.807) is 31.6 Å². The standard InChI is InChI=1S/C27H22N4O6/c1-37-20-8-9-22-21(13-20)17(15-29-22)10-12-30-24(18-3-2-11-28-14-18)23(26(33)27(30)34)25(32)16-4-6-19(7-5-16)31(35)36/h2-9,11,13-15,24,29,32H,10,12H2,1H3/b25-23-. The van der Waals surface area contributed by atoms with Crippen LogP contribution in [-0.2, 0) is 16.0 Å². The number of likely N-dealkylation sites (tertiary alicyclic amines) is 1. The van der Waals surface area contributed by atoms with Crippen molar-refractivity contribution in [1.82, 2.24) is 14.9 Å². The molecule has 1 unspecified atom stereocenters. The van der Waals surface area contributed by atoms with E-state index < -0.39 is 28.4 Å². The van der Waals surface area contributed by atoms with Crippen LogP contribution < -0.4 is 4.74 Å². The Morgan fingerprint density at radius 3 is 2.65 bits per heavy atom. The second kappa shape index (κ2) is 9.57. The van der Waals surface area contributed by atoms with E-state index in [0.717, 1.165) is 16.5 Å². The third-order valence-electron chi connectivity index (χ3n) is 6.49. The van der Waals surface area contributed by atoms with Gasteiger partial charge < -0.3 is 19.7 Å². The number of ketones is 1. The Balaban J connectivity index is 1.53. The number of nitro groups is 1. The number of nitrogens with zero attached hydrogens (tertiary/aromatic N) is 3. The maximum absolute atomic E-state index is 13.2. The molecule has 37 heavy (non-hydrogen) atoms. The molecule has 2 N–H and O–H groups in total. The van der Waals surface area contributed by atoms with Gasteiger partial charge in [-0.25, -0.2) is 0 Å². The van der Waals surface area contributed by atoms with Crippen LogP contribution in [0, 0.1) is 10.1 Å². The number of nitro benzene ring substituents is 1. The number of aromatic nitrogens is 2. The zero-order valence-electron chi connectivity index (χ0n) is 19.7. The van der Waals surface area contributed by atoms with E-state index in [0.29, 0.717) is 17.7 Å². The van der Waals surface area contributed by atoms with E-state index in [2.05, 4.69) is 9.97 Å². The minimum absolute atomic E-state index is 0.0903. The van der Waals surface area contributed by atoms with Gasteiger partial charge in [0.05, 0.1) is 23.6 Å². The van der Waals surface area contributed by atoms with Gasteiger partial charge in [0.1, 0.15) is 11.5 Å². The smallest absolute Gasteiger partial charge is 0.295 e. The topological polar surface area (TPSA) is 139 Å². The highest BCUT2D eigenvalue weighted by atomic mass is 16.6. The summed E-state index contributed by atoms with van der Waals surface area (Å²) in [4.78, 5) is 45.6. The van der Waals surface area contributed by atoms with Crippen LogP contribution in [0.1, 0.15) is 22.7 Å². The number of rotatable bonds is 7. The van der Waals surface area contributed by atoms with Crippen molar-refractivity contribution in [1.29, 1.82) is 0 Å². The molecule has 1 saturated heterocycles. The zero-order valence-corrected chi connectivity index (χ0v) is 19.7. The Hall–Kier alpha value is -4.99. The number of nitrogens with one attached hydrogen (secondary N) is 1. The molecule has 1 aliphatic heterocycles. The summed E-state index contributed by atoms with van der Waals surface area (Å²) >= 11 is 0. The van der Waals surface area contributed by atoms with Gasteiger partial charge >= 0.3 is 0 Å². The van der Waals surface area contributed by atoms with Gasteiger partial charge in [0.25, 0.3) is 17.4 Å². The van der Waals surface area contributed by atoms with Gasteiger partial charge in [-0.15, -0.1) is 0 Å². The minimum atomic E-state index is -0.872. The number of hydrogen-bond acceptors (Lipinski definition) is 7. The number of carbonyl (C=O) groups excluding carboxylic acids is 2. The van der Waals surface area contributed by atoms with Crippen LogP contribution in [-0.4, -0.2) is 50.2 Å². The molecule has 1 aliphatic rings. The molecule has 0 aliphatic carbocycles. The molecule has 0 bridgehead atoms. The number of methoxy groups -OCH3 is 1. The molecule has 1 atom stereocenters. The lowest BCUT2D eigenvalue weighted by molar-refractivity contribution is -0.384. The van der Waals surface area contributed by atoms with Crippen LogP contribution in [0.25, 0.3) is 16.7 Å². The van der Waals surface area contributed by atoms with Gasteiger partial charge in [0, 0.05) is 53.7 Å². The number of carbonyl (C=O) groups is 2. The number of H-pyrrole nitrogens is 1. The van der Waals surface area contributed by atoms with Crippen LogP contribution in [0.4, 0.5) is 5.69 Å². The average Bonchev–Trinajstić information content (AvgIpc) is 3.44. The number of benzene rings is 2. The summed E-state index contributed by atoms with van der Waals surface area (Å²) in [7, 11) is 1.59. The summed E-state index contributed by atoms with van der Waals surface area (Å²) in [5.74, 6) is -1.27. The largest absolute Gasteiger partial charge is 0.507 e. The average molecular weight is 498 g/mol. The number of aliphatic hydroxyl groups is 1. The van der Waals surface area contributed by atoms with Gasteiger partial charge in [-0.1, -0.05) is 6.07 Å².